The van der Waals surface area contributed by atoms with Crippen LogP contribution in [0.2, 0.25) is 0 Å². The van der Waals surface area contributed by atoms with Crippen molar-refractivity contribution in [2.24, 2.45) is 0 Å². The first-order valence-electron chi connectivity index (χ1n) is 3.70. The highest BCUT2D eigenvalue weighted by Crippen LogP contribution is 2.08. The quantitative estimate of drug-likeness (QED) is 0.598. The average molecular weight is 216 g/mol. The topological polar surface area (TPSA) is 70.4 Å². The van der Waals surface area contributed by atoms with Gasteiger partial charge in [-0.3, -0.25) is 10.2 Å². The summed E-state index contributed by atoms with van der Waals surface area (Å²) in [5.41, 5.74) is 0. The van der Waals surface area contributed by atoms with Gasteiger partial charge in [-0.05, 0) is 12.1 Å². The second-order valence-corrected chi connectivity index (χ2v) is 2.41. The molecule has 5 heteroatoms. The van der Waals surface area contributed by atoms with Crippen LogP contribution in [-0.2, 0) is 4.79 Å². The van der Waals surface area contributed by atoms with Crippen LogP contribution in [0.1, 0.15) is 6.42 Å². The van der Waals surface area contributed by atoms with Crippen molar-refractivity contribution in [1.82, 2.24) is 0 Å². The van der Waals surface area contributed by atoms with Crippen molar-refractivity contribution >= 4 is 24.3 Å². The van der Waals surface area contributed by atoms with Crippen molar-refractivity contribution < 1.29 is 14.6 Å². The third-order valence-corrected chi connectivity index (χ3v) is 1.30. The van der Waals surface area contributed by atoms with Gasteiger partial charge in [0.2, 0.25) is 0 Å². The normalized spacial score (nSPS) is 8.57. The number of ether oxygens (including phenoxy) is 1. The molecule has 0 atom stereocenters. The molecule has 0 amide bonds. The van der Waals surface area contributed by atoms with Gasteiger partial charge in [0.05, 0.1) is 0 Å². The van der Waals surface area contributed by atoms with Crippen LogP contribution in [-0.4, -0.2) is 17.0 Å². The van der Waals surface area contributed by atoms with Gasteiger partial charge in [0, 0.05) is 0 Å². The van der Waals surface area contributed by atoms with E-state index in [0.717, 1.165) is 0 Å². The number of carboxylic acids is 1. The maximum atomic E-state index is 10.2. The van der Waals surface area contributed by atoms with Gasteiger partial charge in [-0.25, -0.2) is 0 Å². The molecule has 0 spiro atoms. The van der Waals surface area contributed by atoms with Crippen LogP contribution in [0.15, 0.2) is 30.3 Å². The third-order valence-electron chi connectivity index (χ3n) is 1.30. The Hall–Kier alpha value is -1.55. The number of carboxylic acid groups (broad SMARTS) is 1. The van der Waals surface area contributed by atoms with Crippen molar-refractivity contribution in [2.75, 3.05) is 0 Å². The molecule has 0 aliphatic rings. The molecule has 76 valence electrons. The smallest absolute Gasteiger partial charge is 0.312 e. The van der Waals surface area contributed by atoms with E-state index in [1.165, 1.54) is 0 Å². The zero-order chi connectivity index (χ0) is 9.68. The summed E-state index contributed by atoms with van der Waals surface area (Å²) < 4.78 is 4.93. The van der Waals surface area contributed by atoms with Gasteiger partial charge in [-0.2, -0.15) is 0 Å². The Morgan fingerprint density at radius 3 is 2.43 bits per heavy atom. The largest absolute Gasteiger partial charge is 0.481 e. The summed E-state index contributed by atoms with van der Waals surface area (Å²) in [5, 5.41) is 15.5. The molecule has 0 saturated carbocycles. The van der Waals surface area contributed by atoms with Gasteiger partial charge < -0.3 is 9.84 Å². The summed E-state index contributed by atoms with van der Waals surface area (Å²) in [7, 11) is 0. The van der Waals surface area contributed by atoms with Gasteiger partial charge in [-0.15, -0.1) is 12.4 Å². The van der Waals surface area contributed by atoms with E-state index < -0.39 is 12.4 Å². The molecule has 1 aromatic carbocycles. The Balaban J connectivity index is 0.00000169. The van der Waals surface area contributed by atoms with E-state index in [-0.39, 0.29) is 18.3 Å². The highest BCUT2D eigenvalue weighted by molar-refractivity contribution is 5.92. The maximum absolute atomic E-state index is 10.2. The van der Waals surface area contributed by atoms with E-state index >= 15 is 0 Å². The molecular weight excluding hydrogens is 206 g/mol. The number of carbonyl (C=O) groups is 1. The van der Waals surface area contributed by atoms with Crippen molar-refractivity contribution in [3.63, 3.8) is 0 Å². The minimum Gasteiger partial charge on any atom is -0.481 e. The second kappa shape index (κ2) is 5.99. The number of aliphatic carboxylic acids is 1. The van der Waals surface area contributed by atoms with Crippen molar-refractivity contribution in [2.45, 2.75) is 6.42 Å². The maximum Gasteiger partial charge on any atom is 0.312 e. The van der Waals surface area contributed by atoms with Crippen molar-refractivity contribution in [1.29, 1.82) is 5.41 Å². The lowest BCUT2D eigenvalue weighted by Crippen LogP contribution is -2.12. The SMILES string of the molecule is Cl.N=C(CC(=O)O)Oc1ccccc1. The average Bonchev–Trinajstić information content (AvgIpc) is 2.04. The Morgan fingerprint density at radius 2 is 1.93 bits per heavy atom. The fraction of sp³-hybridized carbons (Fsp3) is 0.111. The summed E-state index contributed by atoms with van der Waals surface area (Å²) >= 11 is 0. The summed E-state index contributed by atoms with van der Waals surface area (Å²) in [6, 6.07) is 8.65. The highest BCUT2D eigenvalue weighted by Gasteiger charge is 2.05. The van der Waals surface area contributed by atoms with Gasteiger partial charge in [0.25, 0.3) is 0 Å². The summed E-state index contributed by atoms with van der Waals surface area (Å²) in [4.78, 5) is 10.2. The summed E-state index contributed by atoms with van der Waals surface area (Å²) in [6.45, 7) is 0. The van der Waals surface area contributed by atoms with Crippen LogP contribution in [0.5, 0.6) is 5.75 Å². The van der Waals surface area contributed by atoms with Gasteiger partial charge in [0.1, 0.15) is 12.2 Å². The molecular formula is C9H10ClNO3. The van der Waals surface area contributed by atoms with E-state index in [1.807, 2.05) is 6.07 Å². The Kier molecular flexibility index (Phi) is 5.33. The Bertz CT molecular complexity index is 313. The van der Waals surface area contributed by atoms with Crippen LogP contribution in [0, 0.1) is 5.41 Å². The number of hydrogen-bond donors (Lipinski definition) is 2. The van der Waals surface area contributed by atoms with E-state index in [0.29, 0.717) is 5.75 Å². The molecule has 4 nitrogen and oxygen atoms in total. The molecule has 2 N–H and O–H groups in total. The van der Waals surface area contributed by atoms with Crippen LogP contribution in [0.25, 0.3) is 0 Å². The first kappa shape index (κ1) is 12.4. The van der Waals surface area contributed by atoms with E-state index in [2.05, 4.69) is 0 Å². The molecule has 0 aliphatic carbocycles. The van der Waals surface area contributed by atoms with Crippen LogP contribution < -0.4 is 4.74 Å². The lowest BCUT2D eigenvalue weighted by molar-refractivity contribution is -0.135. The summed E-state index contributed by atoms with van der Waals surface area (Å²) in [5.74, 6) is -0.853. The standard InChI is InChI=1S/C9H9NO3.ClH/c10-8(6-9(11)12)13-7-4-2-1-3-5-7;/h1-5,10H,6H2,(H,11,12);1H. The molecule has 0 radical (unpaired) electrons. The van der Waals surface area contributed by atoms with E-state index in [1.54, 1.807) is 24.3 Å². The fourth-order valence-electron chi connectivity index (χ4n) is 0.804. The van der Waals surface area contributed by atoms with Crippen LogP contribution in [0.3, 0.4) is 0 Å². The molecule has 0 heterocycles. The molecule has 0 bridgehead atoms. The number of para-hydroxylation sites is 1. The van der Waals surface area contributed by atoms with E-state index in [9.17, 15) is 4.79 Å². The molecule has 0 aliphatic heterocycles. The molecule has 1 rings (SSSR count). The van der Waals surface area contributed by atoms with Crippen LogP contribution in [0.4, 0.5) is 0 Å². The predicted molar refractivity (Wildman–Crippen MR) is 54.3 cm³/mol. The number of hydrogen-bond acceptors (Lipinski definition) is 3. The first-order chi connectivity index (χ1) is 6.18. The third kappa shape index (κ3) is 4.47. The molecule has 0 saturated heterocycles. The minimum atomic E-state index is -1.07. The lowest BCUT2D eigenvalue weighted by atomic mass is 10.3. The highest BCUT2D eigenvalue weighted by atomic mass is 35.5. The van der Waals surface area contributed by atoms with Crippen molar-refractivity contribution in [3.05, 3.63) is 30.3 Å². The minimum absolute atomic E-state index is 0. The second-order valence-electron chi connectivity index (χ2n) is 2.41. The van der Waals surface area contributed by atoms with Crippen molar-refractivity contribution in [3.8, 4) is 5.75 Å². The van der Waals surface area contributed by atoms with Gasteiger partial charge in [-0.1, -0.05) is 18.2 Å². The fourth-order valence-corrected chi connectivity index (χ4v) is 0.804. The zero-order valence-corrected chi connectivity index (χ0v) is 8.08. The zero-order valence-electron chi connectivity index (χ0n) is 7.27. The number of benzene rings is 1. The first-order valence-corrected chi connectivity index (χ1v) is 3.70. The number of rotatable bonds is 3. The van der Waals surface area contributed by atoms with E-state index in [4.69, 9.17) is 15.3 Å². The lowest BCUT2D eigenvalue weighted by Gasteiger charge is -2.03. The Labute approximate surface area is 87.4 Å². The molecule has 14 heavy (non-hydrogen) atoms. The summed E-state index contributed by atoms with van der Waals surface area (Å²) in [6.07, 6.45) is -0.394. The Morgan fingerprint density at radius 1 is 1.36 bits per heavy atom. The number of halogens is 1. The molecule has 1 aromatic rings. The van der Waals surface area contributed by atoms with Gasteiger partial charge >= 0.3 is 5.97 Å². The molecule has 0 fully saturated rings. The van der Waals surface area contributed by atoms with Gasteiger partial charge in [0.15, 0.2) is 5.90 Å². The predicted octanol–water partition coefficient (Wildman–Crippen LogP) is 1.94. The molecule has 0 aromatic heterocycles. The van der Waals surface area contributed by atoms with Crippen LogP contribution >= 0.6 is 12.4 Å². The number of nitrogens with one attached hydrogen (secondary N) is 1. The monoisotopic (exact) mass is 215 g/mol. The molecule has 0 unspecified atom stereocenters.